The van der Waals surface area contributed by atoms with Gasteiger partial charge >= 0.3 is 0 Å². The van der Waals surface area contributed by atoms with Crippen LogP contribution < -0.4 is 0 Å². The van der Waals surface area contributed by atoms with Crippen LogP contribution in [0.15, 0.2) is 48.7 Å². The molecular formula is C24H31ClN2O. The second kappa shape index (κ2) is 11.0. The van der Waals surface area contributed by atoms with Gasteiger partial charge in [-0.1, -0.05) is 49.7 Å². The van der Waals surface area contributed by atoms with Crippen LogP contribution in [0.1, 0.15) is 43.0 Å². The normalized spacial score (nSPS) is 14.9. The van der Waals surface area contributed by atoms with E-state index < -0.39 is 0 Å². The van der Waals surface area contributed by atoms with Crippen LogP contribution in [-0.4, -0.2) is 35.9 Å². The van der Waals surface area contributed by atoms with Crippen LogP contribution in [0.4, 0.5) is 0 Å². The average Bonchev–Trinajstić information content (AvgIpc) is 3.01. The highest BCUT2D eigenvalue weighted by molar-refractivity contribution is 6.32. The SMILES string of the molecule is C=C/C(C=O)=C\c1c(Cl)cn(-c2ccc(CC)cc2)c1C.CN1CCCCC1. The molecule has 3 nitrogen and oxygen atoms in total. The molecule has 0 radical (unpaired) electrons. The molecule has 0 saturated carbocycles. The number of aldehydes is 1. The number of halogens is 1. The van der Waals surface area contributed by atoms with Crippen molar-refractivity contribution in [2.75, 3.05) is 20.1 Å². The van der Waals surface area contributed by atoms with Crippen molar-refractivity contribution in [1.29, 1.82) is 0 Å². The fourth-order valence-corrected chi connectivity index (χ4v) is 3.56. The average molecular weight is 399 g/mol. The zero-order valence-electron chi connectivity index (χ0n) is 17.2. The molecule has 1 aromatic heterocycles. The van der Waals surface area contributed by atoms with Crippen LogP contribution in [0, 0.1) is 6.92 Å². The summed E-state index contributed by atoms with van der Waals surface area (Å²) in [5.74, 6) is 0. The first-order chi connectivity index (χ1) is 13.5. The summed E-state index contributed by atoms with van der Waals surface area (Å²) < 4.78 is 2.03. The van der Waals surface area contributed by atoms with Crippen molar-refractivity contribution in [3.63, 3.8) is 0 Å². The van der Waals surface area contributed by atoms with E-state index in [2.05, 4.69) is 49.7 Å². The van der Waals surface area contributed by atoms with Gasteiger partial charge < -0.3 is 9.47 Å². The molecule has 0 aliphatic carbocycles. The molecule has 4 heteroatoms. The molecule has 150 valence electrons. The van der Waals surface area contributed by atoms with Crippen molar-refractivity contribution in [2.24, 2.45) is 0 Å². The van der Waals surface area contributed by atoms with Crippen molar-refractivity contribution in [3.8, 4) is 5.69 Å². The van der Waals surface area contributed by atoms with Gasteiger partial charge in [0.15, 0.2) is 0 Å². The highest BCUT2D eigenvalue weighted by Gasteiger charge is 2.11. The highest BCUT2D eigenvalue weighted by Crippen LogP contribution is 2.27. The molecule has 28 heavy (non-hydrogen) atoms. The van der Waals surface area contributed by atoms with Crippen LogP contribution in [0.2, 0.25) is 5.02 Å². The van der Waals surface area contributed by atoms with Crippen molar-refractivity contribution in [3.05, 3.63) is 70.5 Å². The summed E-state index contributed by atoms with van der Waals surface area (Å²) in [6, 6.07) is 8.37. The summed E-state index contributed by atoms with van der Waals surface area (Å²) in [6.07, 6.45) is 11.2. The second-order valence-corrected chi connectivity index (χ2v) is 7.60. The van der Waals surface area contributed by atoms with E-state index in [4.69, 9.17) is 11.6 Å². The number of carbonyl (C=O) groups is 1. The molecule has 1 aromatic carbocycles. The van der Waals surface area contributed by atoms with E-state index >= 15 is 0 Å². The third kappa shape index (κ3) is 5.95. The highest BCUT2D eigenvalue weighted by atomic mass is 35.5. The first-order valence-electron chi connectivity index (χ1n) is 9.94. The minimum absolute atomic E-state index is 0.513. The van der Waals surface area contributed by atoms with Crippen molar-refractivity contribution < 1.29 is 4.79 Å². The lowest BCUT2D eigenvalue weighted by atomic mass is 10.1. The molecule has 1 aliphatic rings. The molecule has 0 unspecified atom stereocenters. The van der Waals surface area contributed by atoms with E-state index in [0.29, 0.717) is 10.6 Å². The monoisotopic (exact) mass is 398 g/mol. The van der Waals surface area contributed by atoms with Crippen molar-refractivity contribution in [2.45, 2.75) is 39.5 Å². The van der Waals surface area contributed by atoms with Gasteiger partial charge in [0.2, 0.25) is 0 Å². The van der Waals surface area contributed by atoms with E-state index in [0.717, 1.165) is 29.7 Å². The Bertz CT molecular complexity index is 802. The number of aromatic nitrogens is 1. The number of allylic oxidation sites excluding steroid dienone is 2. The lowest BCUT2D eigenvalue weighted by Crippen LogP contribution is -2.24. The van der Waals surface area contributed by atoms with Gasteiger partial charge in [0, 0.05) is 28.7 Å². The number of rotatable bonds is 5. The molecule has 0 N–H and O–H groups in total. The van der Waals surface area contributed by atoms with E-state index in [-0.39, 0.29) is 0 Å². The molecule has 0 bridgehead atoms. The lowest BCUT2D eigenvalue weighted by Gasteiger charge is -2.20. The molecular weight excluding hydrogens is 368 g/mol. The minimum atomic E-state index is 0.513. The number of aryl methyl sites for hydroxylation is 1. The van der Waals surface area contributed by atoms with E-state index in [1.165, 1.54) is 44.0 Å². The van der Waals surface area contributed by atoms with Crippen molar-refractivity contribution in [1.82, 2.24) is 9.47 Å². The quantitative estimate of drug-likeness (QED) is 0.357. The Morgan fingerprint density at radius 3 is 2.29 bits per heavy atom. The summed E-state index contributed by atoms with van der Waals surface area (Å²) in [5, 5.41) is 0.619. The first kappa shape index (κ1) is 22.2. The molecule has 1 fully saturated rings. The Morgan fingerprint density at radius 1 is 1.18 bits per heavy atom. The summed E-state index contributed by atoms with van der Waals surface area (Å²) in [4.78, 5) is 13.3. The molecule has 1 aliphatic heterocycles. The number of piperidine rings is 1. The maximum absolute atomic E-state index is 10.9. The van der Waals surface area contributed by atoms with Gasteiger partial charge in [0.25, 0.3) is 0 Å². The fraction of sp³-hybridized carbons (Fsp3) is 0.375. The third-order valence-corrected chi connectivity index (χ3v) is 5.44. The maximum Gasteiger partial charge on any atom is 0.150 e. The second-order valence-electron chi connectivity index (χ2n) is 7.20. The smallest absolute Gasteiger partial charge is 0.150 e. The van der Waals surface area contributed by atoms with Crippen LogP contribution in [0.3, 0.4) is 0 Å². The van der Waals surface area contributed by atoms with Crippen LogP contribution in [0.25, 0.3) is 11.8 Å². The van der Waals surface area contributed by atoms with Crippen molar-refractivity contribution >= 4 is 24.0 Å². The Hall–Kier alpha value is -2.10. The predicted octanol–water partition coefficient (Wildman–Crippen LogP) is 5.87. The zero-order chi connectivity index (χ0) is 20.5. The molecule has 0 atom stereocenters. The Labute approximate surface area is 174 Å². The molecule has 2 aromatic rings. The van der Waals surface area contributed by atoms with Crippen LogP contribution in [-0.2, 0) is 11.2 Å². The maximum atomic E-state index is 10.9. The molecule has 1 saturated heterocycles. The number of benzene rings is 1. The molecule has 0 amide bonds. The fourth-order valence-electron chi connectivity index (χ4n) is 3.28. The summed E-state index contributed by atoms with van der Waals surface area (Å²) in [5.41, 5.74) is 4.70. The predicted molar refractivity (Wildman–Crippen MR) is 120 cm³/mol. The molecule has 2 heterocycles. The van der Waals surface area contributed by atoms with E-state index in [1.54, 1.807) is 6.08 Å². The van der Waals surface area contributed by atoms with Gasteiger partial charge in [-0.05, 0) is 70.1 Å². The van der Waals surface area contributed by atoms with Gasteiger partial charge in [0.05, 0.1) is 5.02 Å². The number of likely N-dealkylation sites (tertiary alicyclic amines) is 1. The van der Waals surface area contributed by atoms with Gasteiger partial charge in [-0.2, -0.15) is 0 Å². The number of hydrogen-bond acceptors (Lipinski definition) is 2. The Morgan fingerprint density at radius 2 is 1.82 bits per heavy atom. The standard InChI is InChI=1S/C18H18ClNO.C6H13N/c1-4-14-6-8-16(9-7-14)20-11-18(19)17(13(20)3)10-15(5-2)12-21;1-7-5-3-2-4-6-7/h5-12H,2,4H2,1,3H3;2-6H2,1H3/b15-10+;. The van der Waals surface area contributed by atoms with E-state index in [9.17, 15) is 4.79 Å². The zero-order valence-corrected chi connectivity index (χ0v) is 18.0. The third-order valence-electron chi connectivity index (χ3n) is 5.14. The topological polar surface area (TPSA) is 25.2 Å². The van der Waals surface area contributed by atoms with Gasteiger partial charge in [0.1, 0.15) is 6.29 Å². The Balaban J connectivity index is 0.000000336. The van der Waals surface area contributed by atoms with Crippen LogP contribution >= 0.6 is 11.6 Å². The van der Waals surface area contributed by atoms with E-state index in [1.807, 2.05) is 17.7 Å². The minimum Gasteiger partial charge on any atom is -0.319 e. The van der Waals surface area contributed by atoms with Gasteiger partial charge in [-0.25, -0.2) is 0 Å². The van der Waals surface area contributed by atoms with Crippen LogP contribution in [0.5, 0.6) is 0 Å². The number of carbonyl (C=O) groups excluding carboxylic acids is 1. The summed E-state index contributed by atoms with van der Waals surface area (Å²) in [6.45, 7) is 10.4. The first-order valence-corrected chi connectivity index (χ1v) is 10.3. The summed E-state index contributed by atoms with van der Waals surface area (Å²) >= 11 is 6.30. The number of hydrogen-bond donors (Lipinski definition) is 0. The number of nitrogens with zero attached hydrogens (tertiary/aromatic N) is 2. The molecule has 0 spiro atoms. The summed E-state index contributed by atoms with van der Waals surface area (Å²) in [7, 11) is 2.19. The van der Waals surface area contributed by atoms with Gasteiger partial charge in [-0.3, -0.25) is 4.79 Å². The molecule has 3 rings (SSSR count). The lowest BCUT2D eigenvalue weighted by molar-refractivity contribution is -0.104. The largest absolute Gasteiger partial charge is 0.319 e. The Kier molecular flexibility index (Phi) is 8.75. The van der Waals surface area contributed by atoms with Gasteiger partial charge in [-0.15, -0.1) is 0 Å².